The Morgan fingerprint density at radius 2 is 1.96 bits per heavy atom. The van der Waals surface area contributed by atoms with Crippen molar-refractivity contribution in [3.05, 3.63) is 64.2 Å². The number of anilines is 1. The fourth-order valence-electron chi connectivity index (χ4n) is 2.71. The van der Waals surface area contributed by atoms with Gasteiger partial charge in [0.2, 0.25) is 0 Å². The van der Waals surface area contributed by atoms with Gasteiger partial charge in [-0.25, -0.2) is 4.99 Å². The fraction of sp³-hybridized carbons (Fsp3) is 0.222. The number of nitro groups is 1. The van der Waals surface area contributed by atoms with Gasteiger partial charge >= 0.3 is 0 Å². The minimum atomic E-state index is -0.471. The Bertz CT molecular complexity index is 830. The van der Waals surface area contributed by atoms with Crippen LogP contribution in [0.1, 0.15) is 25.3 Å². The van der Waals surface area contributed by atoms with Crippen LogP contribution in [0, 0.1) is 10.1 Å². The summed E-state index contributed by atoms with van der Waals surface area (Å²) < 4.78 is 0. The molecule has 1 amide bonds. The van der Waals surface area contributed by atoms with Crippen LogP contribution in [0.3, 0.4) is 0 Å². The highest BCUT2D eigenvalue weighted by Crippen LogP contribution is 2.31. The first-order chi connectivity index (χ1) is 11.6. The third-order valence-corrected chi connectivity index (χ3v) is 3.91. The highest BCUT2D eigenvalue weighted by atomic mass is 16.6. The molecule has 0 atom stereocenters. The second-order valence-corrected chi connectivity index (χ2v) is 5.56. The Morgan fingerprint density at radius 1 is 1.17 bits per heavy atom. The molecule has 6 heteroatoms. The maximum Gasteiger partial charge on any atom is 0.277 e. The van der Waals surface area contributed by atoms with E-state index in [4.69, 9.17) is 0 Å². The standard InChI is InChI=1S/C18H17N3O3/c1-2-3-11-20-16-10-5-4-9-15(16)17(18(20)22)19-13-7-6-8-14(12-13)21(23)24/h4-10,12H,2-3,11H2,1H3. The zero-order chi connectivity index (χ0) is 17.1. The van der Waals surface area contributed by atoms with Crippen molar-refractivity contribution in [1.29, 1.82) is 0 Å². The lowest BCUT2D eigenvalue weighted by Crippen LogP contribution is -2.30. The summed E-state index contributed by atoms with van der Waals surface area (Å²) in [6.07, 6.45) is 1.90. The first-order valence-electron chi connectivity index (χ1n) is 7.86. The van der Waals surface area contributed by atoms with E-state index in [2.05, 4.69) is 11.9 Å². The van der Waals surface area contributed by atoms with Crippen LogP contribution < -0.4 is 4.90 Å². The van der Waals surface area contributed by atoms with Crippen molar-refractivity contribution in [2.45, 2.75) is 19.8 Å². The van der Waals surface area contributed by atoms with Crippen LogP contribution in [-0.4, -0.2) is 23.1 Å². The molecule has 1 heterocycles. The summed E-state index contributed by atoms with van der Waals surface area (Å²) in [7, 11) is 0. The molecule has 6 nitrogen and oxygen atoms in total. The lowest BCUT2D eigenvalue weighted by Gasteiger charge is -2.15. The number of amides is 1. The third-order valence-electron chi connectivity index (χ3n) is 3.91. The van der Waals surface area contributed by atoms with Crippen molar-refractivity contribution in [1.82, 2.24) is 0 Å². The number of non-ortho nitro benzene ring substituents is 1. The van der Waals surface area contributed by atoms with E-state index in [1.54, 1.807) is 17.0 Å². The number of hydrogen-bond donors (Lipinski definition) is 0. The number of hydrogen-bond acceptors (Lipinski definition) is 4. The molecule has 0 saturated carbocycles. The second kappa shape index (κ2) is 6.62. The topological polar surface area (TPSA) is 75.8 Å². The van der Waals surface area contributed by atoms with Gasteiger partial charge in [-0.1, -0.05) is 37.6 Å². The maximum atomic E-state index is 12.8. The maximum absolute atomic E-state index is 12.8. The molecule has 0 aromatic heterocycles. The Kier molecular flexibility index (Phi) is 4.37. The Hall–Kier alpha value is -3.02. The van der Waals surface area contributed by atoms with Crippen molar-refractivity contribution < 1.29 is 9.72 Å². The number of para-hydroxylation sites is 1. The molecule has 0 spiro atoms. The summed E-state index contributed by atoms with van der Waals surface area (Å²) in [4.78, 5) is 29.3. The predicted octanol–water partition coefficient (Wildman–Crippen LogP) is 3.86. The van der Waals surface area contributed by atoms with Crippen molar-refractivity contribution >= 4 is 28.7 Å². The van der Waals surface area contributed by atoms with Gasteiger partial charge in [0.05, 0.1) is 16.3 Å². The lowest BCUT2D eigenvalue weighted by atomic mass is 10.1. The molecule has 2 aromatic carbocycles. The predicted molar refractivity (Wildman–Crippen MR) is 93.0 cm³/mol. The number of nitrogens with zero attached hydrogens (tertiary/aromatic N) is 3. The Morgan fingerprint density at radius 3 is 2.71 bits per heavy atom. The van der Waals surface area contributed by atoms with E-state index in [-0.39, 0.29) is 11.6 Å². The van der Waals surface area contributed by atoms with Crippen molar-refractivity contribution in [3.63, 3.8) is 0 Å². The average molecular weight is 323 g/mol. The fourth-order valence-corrected chi connectivity index (χ4v) is 2.71. The molecule has 0 fully saturated rings. The largest absolute Gasteiger partial charge is 0.306 e. The summed E-state index contributed by atoms with van der Waals surface area (Å²) in [5, 5.41) is 10.9. The quantitative estimate of drug-likeness (QED) is 0.619. The molecule has 0 saturated heterocycles. The smallest absolute Gasteiger partial charge is 0.277 e. The minimum absolute atomic E-state index is 0.0431. The molecule has 24 heavy (non-hydrogen) atoms. The van der Waals surface area contributed by atoms with Gasteiger partial charge in [-0.2, -0.15) is 0 Å². The molecule has 1 aliphatic rings. The highest BCUT2D eigenvalue weighted by molar-refractivity contribution is 6.54. The van der Waals surface area contributed by atoms with Gasteiger partial charge in [0.1, 0.15) is 5.71 Å². The molecule has 1 aliphatic heterocycles. The number of rotatable bonds is 5. The number of unbranched alkanes of at least 4 members (excludes halogenated alkanes) is 1. The van der Waals surface area contributed by atoms with Crippen LogP contribution in [0.25, 0.3) is 0 Å². The zero-order valence-corrected chi connectivity index (χ0v) is 13.3. The van der Waals surface area contributed by atoms with Crippen molar-refractivity contribution in [2.75, 3.05) is 11.4 Å². The molecule has 0 unspecified atom stereocenters. The van der Waals surface area contributed by atoms with Gasteiger partial charge in [-0.3, -0.25) is 14.9 Å². The van der Waals surface area contributed by atoms with Gasteiger partial charge in [0.15, 0.2) is 0 Å². The van der Waals surface area contributed by atoms with E-state index in [0.717, 1.165) is 24.1 Å². The molecule has 0 radical (unpaired) electrons. The monoisotopic (exact) mass is 323 g/mol. The van der Waals surface area contributed by atoms with Crippen LogP contribution in [0.5, 0.6) is 0 Å². The van der Waals surface area contributed by atoms with Crippen molar-refractivity contribution in [3.8, 4) is 0 Å². The highest BCUT2D eigenvalue weighted by Gasteiger charge is 2.33. The van der Waals surface area contributed by atoms with Crippen LogP contribution in [0.15, 0.2) is 53.5 Å². The first kappa shape index (κ1) is 15.9. The van der Waals surface area contributed by atoms with Crippen LogP contribution in [-0.2, 0) is 4.79 Å². The molecule has 3 rings (SSSR count). The summed E-state index contributed by atoms with van der Waals surface area (Å²) in [5.41, 5.74) is 2.31. The van der Waals surface area contributed by atoms with E-state index >= 15 is 0 Å². The SMILES string of the molecule is CCCCN1C(=O)C(=Nc2cccc([N+](=O)[O-])c2)c2ccccc21. The third kappa shape index (κ3) is 2.90. The molecule has 0 N–H and O–H groups in total. The summed E-state index contributed by atoms with van der Waals surface area (Å²) >= 11 is 0. The first-order valence-corrected chi connectivity index (χ1v) is 7.86. The van der Waals surface area contributed by atoms with Gasteiger partial charge in [0.25, 0.3) is 11.6 Å². The summed E-state index contributed by atoms with van der Waals surface area (Å²) in [6.45, 7) is 2.71. The molecular weight excluding hydrogens is 306 g/mol. The molecule has 0 bridgehead atoms. The lowest BCUT2D eigenvalue weighted by molar-refractivity contribution is -0.384. The van der Waals surface area contributed by atoms with Crippen LogP contribution >= 0.6 is 0 Å². The summed E-state index contributed by atoms with van der Waals surface area (Å²) in [6, 6.07) is 13.5. The van der Waals surface area contributed by atoms with E-state index in [9.17, 15) is 14.9 Å². The van der Waals surface area contributed by atoms with Gasteiger partial charge in [-0.15, -0.1) is 0 Å². The number of aliphatic imine (C=N–C) groups is 1. The summed E-state index contributed by atoms with van der Waals surface area (Å²) in [5.74, 6) is -0.156. The van der Waals surface area contributed by atoms with Gasteiger partial charge < -0.3 is 4.90 Å². The number of fused-ring (bicyclic) bond motifs is 1. The molecule has 122 valence electrons. The number of carbonyl (C=O) groups is 1. The minimum Gasteiger partial charge on any atom is -0.306 e. The molecular formula is C18H17N3O3. The number of benzene rings is 2. The molecule has 0 aliphatic carbocycles. The van der Waals surface area contributed by atoms with Crippen LogP contribution in [0.2, 0.25) is 0 Å². The molecule has 2 aromatic rings. The Labute approximate surface area is 139 Å². The zero-order valence-electron chi connectivity index (χ0n) is 13.3. The van der Waals surface area contributed by atoms with Crippen molar-refractivity contribution in [2.24, 2.45) is 4.99 Å². The van der Waals surface area contributed by atoms with Gasteiger partial charge in [-0.05, 0) is 18.6 Å². The van der Waals surface area contributed by atoms with Gasteiger partial charge in [0, 0.05) is 24.2 Å². The number of nitro benzene ring substituents is 1. The Balaban J connectivity index is 2.03. The normalized spacial score (nSPS) is 15.0. The van der Waals surface area contributed by atoms with E-state index in [1.165, 1.54) is 12.1 Å². The average Bonchev–Trinajstić information content (AvgIpc) is 2.85. The van der Waals surface area contributed by atoms with E-state index in [1.807, 2.05) is 24.3 Å². The van der Waals surface area contributed by atoms with E-state index in [0.29, 0.717) is 17.9 Å². The van der Waals surface area contributed by atoms with Crippen LogP contribution in [0.4, 0.5) is 17.1 Å². The van der Waals surface area contributed by atoms with E-state index < -0.39 is 4.92 Å². The second-order valence-electron chi connectivity index (χ2n) is 5.56. The number of carbonyl (C=O) groups excluding carboxylic acids is 1.